The number of aromatic nitrogens is 1. The molecule has 0 radical (unpaired) electrons. The van der Waals surface area contributed by atoms with Crippen LogP contribution in [-0.4, -0.2) is 21.6 Å². The summed E-state index contributed by atoms with van der Waals surface area (Å²) in [5.41, 5.74) is 0.630. The monoisotopic (exact) mass is 413 g/mol. The third-order valence-corrected chi connectivity index (χ3v) is 5.74. The molecular weight excluding hydrogens is 405 g/mol. The van der Waals surface area contributed by atoms with Crippen LogP contribution in [0.15, 0.2) is 40.7 Å². The van der Waals surface area contributed by atoms with Gasteiger partial charge in [0.15, 0.2) is 4.34 Å². The topological polar surface area (TPSA) is 85.1 Å². The van der Waals surface area contributed by atoms with Crippen LogP contribution < -0.4 is 5.32 Å². The number of anilines is 1. The third kappa shape index (κ3) is 4.40. The summed E-state index contributed by atoms with van der Waals surface area (Å²) in [7, 11) is 0. The highest BCUT2D eigenvalue weighted by atomic mass is 35.5. The molecule has 0 atom stereocenters. The lowest BCUT2D eigenvalue weighted by atomic mass is 10.2. The Morgan fingerprint density at radius 2 is 1.96 bits per heavy atom. The summed E-state index contributed by atoms with van der Waals surface area (Å²) in [6.45, 7) is 0. The summed E-state index contributed by atoms with van der Waals surface area (Å²) in [6, 6.07) is 9.49. The number of thioether (sulfide) groups is 1. The van der Waals surface area contributed by atoms with Crippen LogP contribution >= 0.6 is 46.3 Å². The molecule has 1 aromatic heterocycles. The van der Waals surface area contributed by atoms with Gasteiger partial charge in [0.25, 0.3) is 5.69 Å². The standard InChI is InChI=1S/C15H9Cl2N3O3S2/c16-8-2-4-13-11(5-8)19-15(25-13)24-7-14(21)18-10-3-1-9(17)6-12(10)20(22)23/h1-6H,7H2,(H,18,21). The van der Waals surface area contributed by atoms with Gasteiger partial charge in [-0.25, -0.2) is 4.98 Å². The summed E-state index contributed by atoms with van der Waals surface area (Å²) in [5, 5.41) is 14.4. The Kier molecular flexibility index (Phi) is 5.43. The quantitative estimate of drug-likeness (QED) is 0.351. The summed E-state index contributed by atoms with van der Waals surface area (Å²) >= 11 is 14.4. The van der Waals surface area contributed by atoms with E-state index in [2.05, 4.69) is 10.3 Å². The molecule has 10 heteroatoms. The van der Waals surface area contributed by atoms with Crippen LogP contribution in [0.3, 0.4) is 0 Å². The lowest BCUT2D eigenvalue weighted by molar-refractivity contribution is -0.383. The van der Waals surface area contributed by atoms with Gasteiger partial charge in [-0.1, -0.05) is 35.0 Å². The van der Waals surface area contributed by atoms with E-state index in [0.29, 0.717) is 5.02 Å². The molecule has 0 spiro atoms. The van der Waals surface area contributed by atoms with E-state index in [1.807, 2.05) is 6.07 Å². The second-order valence-corrected chi connectivity index (χ2v) is 7.97. The van der Waals surface area contributed by atoms with Crippen molar-refractivity contribution in [2.75, 3.05) is 11.1 Å². The Balaban J connectivity index is 1.67. The van der Waals surface area contributed by atoms with Crippen LogP contribution in [0.4, 0.5) is 11.4 Å². The van der Waals surface area contributed by atoms with Gasteiger partial charge in [0.2, 0.25) is 5.91 Å². The highest BCUT2D eigenvalue weighted by Crippen LogP contribution is 2.32. The first-order valence-corrected chi connectivity index (χ1v) is 9.41. The van der Waals surface area contributed by atoms with Crippen LogP contribution in [-0.2, 0) is 4.79 Å². The van der Waals surface area contributed by atoms with E-state index >= 15 is 0 Å². The van der Waals surface area contributed by atoms with Crippen molar-refractivity contribution in [2.45, 2.75) is 4.34 Å². The number of hydrogen-bond donors (Lipinski definition) is 1. The summed E-state index contributed by atoms with van der Waals surface area (Å²) in [5.74, 6) is -0.291. The number of fused-ring (bicyclic) bond motifs is 1. The SMILES string of the molecule is O=C(CSc1nc2cc(Cl)ccc2s1)Nc1ccc(Cl)cc1[N+](=O)[O-]. The number of nitrogens with one attached hydrogen (secondary N) is 1. The summed E-state index contributed by atoms with van der Waals surface area (Å²) in [6.07, 6.45) is 0. The first-order chi connectivity index (χ1) is 11.9. The number of carbonyl (C=O) groups is 1. The number of carbonyl (C=O) groups excluding carboxylic acids is 1. The lowest BCUT2D eigenvalue weighted by Crippen LogP contribution is -2.15. The molecule has 6 nitrogen and oxygen atoms in total. The van der Waals surface area contributed by atoms with Gasteiger partial charge >= 0.3 is 0 Å². The molecule has 0 unspecified atom stereocenters. The number of rotatable bonds is 5. The van der Waals surface area contributed by atoms with Crippen LogP contribution in [0.1, 0.15) is 0 Å². The van der Waals surface area contributed by atoms with Gasteiger partial charge in [0.05, 0.1) is 20.9 Å². The number of nitro benzene ring substituents is 1. The van der Waals surface area contributed by atoms with Crippen molar-refractivity contribution < 1.29 is 9.72 Å². The van der Waals surface area contributed by atoms with E-state index in [1.165, 1.54) is 41.3 Å². The Bertz CT molecular complexity index is 978. The lowest BCUT2D eigenvalue weighted by Gasteiger charge is -2.05. The number of nitrogens with zero attached hydrogens (tertiary/aromatic N) is 2. The molecule has 128 valence electrons. The fourth-order valence-electron chi connectivity index (χ4n) is 2.02. The molecule has 1 N–H and O–H groups in total. The molecule has 0 saturated heterocycles. The second-order valence-electron chi connectivity index (χ2n) is 4.85. The summed E-state index contributed by atoms with van der Waals surface area (Å²) in [4.78, 5) is 26.9. The average Bonchev–Trinajstić information content (AvgIpc) is 2.96. The zero-order valence-corrected chi connectivity index (χ0v) is 15.5. The van der Waals surface area contributed by atoms with Crippen molar-refractivity contribution >= 4 is 73.8 Å². The van der Waals surface area contributed by atoms with Crippen LogP contribution in [0.25, 0.3) is 10.2 Å². The molecule has 0 bridgehead atoms. The molecule has 3 rings (SSSR count). The first kappa shape index (κ1) is 17.9. The molecule has 25 heavy (non-hydrogen) atoms. The molecule has 0 aliphatic heterocycles. The number of halogens is 2. The van der Waals surface area contributed by atoms with Gasteiger partial charge in [0.1, 0.15) is 5.69 Å². The van der Waals surface area contributed by atoms with E-state index in [4.69, 9.17) is 23.2 Å². The van der Waals surface area contributed by atoms with Gasteiger partial charge in [-0.3, -0.25) is 14.9 Å². The molecule has 2 aromatic carbocycles. The number of hydrogen-bond acceptors (Lipinski definition) is 6. The fourth-order valence-corrected chi connectivity index (χ4v) is 4.20. The predicted octanol–water partition coefficient (Wildman–Crippen LogP) is 5.24. The average molecular weight is 414 g/mol. The molecule has 3 aromatic rings. The van der Waals surface area contributed by atoms with Crippen molar-refractivity contribution in [3.63, 3.8) is 0 Å². The van der Waals surface area contributed by atoms with E-state index in [-0.39, 0.29) is 28.1 Å². The minimum Gasteiger partial charge on any atom is -0.320 e. The fraction of sp³-hybridized carbons (Fsp3) is 0.0667. The van der Waals surface area contributed by atoms with Gasteiger partial charge in [-0.15, -0.1) is 11.3 Å². The number of amides is 1. The molecule has 1 amide bonds. The highest BCUT2D eigenvalue weighted by molar-refractivity contribution is 8.01. The smallest absolute Gasteiger partial charge is 0.294 e. The van der Waals surface area contributed by atoms with Crippen molar-refractivity contribution in [1.82, 2.24) is 4.98 Å². The van der Waals surface area contributed by atoms with Gasteiger partial charge in [-0.05, 0) is 30.3 Å². The molecule has 0 fully saturated rings. The Labute approximate surface area is 160 Å². The normalized spacial score (nSPS) is 10.8. The first-order valence-electron chi connectivity index (χ1n) is 6.85. The highest BCUT2D eigenvalue weighted by Gasteiger charge is 2.17. The summed E-state index contributed by atoms with van der Waals surface area (Å²) < 4.78 is 1.69. The Morgan fingerprint density at radius 3 is 2.72 bits per heavy atom. The maximum atomic E-state index is 12.1. The minimum absolute atomic E-state index is 0.0767. The third-order valence-electron chi connectivity index (χ3n) is 3.09. The van der Waals surface area contributed by atoms with Crippen molar-refractivity contribution in [3.05, 3.63) is 56.6 Å². The molecule has 0 aliphatic carbocycles. The second kappa shape index (κ2) is 7.57. The van der Waals surface area contributed by atoms with E-state index in [9.17, 15) is 14.9 Å². The van der Waals surface area contributed by atoms with Gasteiger partial charge < -0.3 is 5.32 Å². The predicted molar refractivity (Wildman–Crippen MR) is 102 cm³/mol. The number of thiazole rings is 1. The van der Waals surface area contributed by atoms with Crippen molar-refractivity contribution in [1.29, 1.82) is 0 Å². The maximum Gasteiger partial charge on any atom is 0.294 e. The van der Waals surface area contributed by atoms with E-state index in [0.717, 1.165) is 14.6 Å². The van der Waals surface area contributed by atoms with Crippen LogP contribution in [0.5, 0.6) is 0 Å². The maximum absolute atomic E-state index is 12.1. The van der Waals surface area contributed by atoms with Crippen LogP contribution in [0, 0.1) is 10.1 Å². The van der Waals surface area contributed by atoms with Gasteiger partial charge in [-0.2, -0.15) is 0 Å². The van der Waals surface area contributed by atoms with Gasteiger partial charge in [0, 0.05) is 16.1 Å². The molecular formula is C15H9Cl2N3O3S2. The van der Waals surface area contributed by atoms with Crippen LogP contribution in [0.2, 0.25) is 10.0 Å². The largest absolute Gasteiger partial charge is 0.320 e. The Morgan fingerprint density at radius 1 is 1.24 bits per heavy atom. The molecule has 0 aliphatic rings. The van der Waals surface area contributed by atoms with E-state index < -0.39 is 4.92 Å². The van der Waals surface area contributed by atoms with E-state index in [1.54, 1.807) is 12.1 Å². The molecule has 1 heterocycles. The minimum atomic E-state index is -0.591. The Hall–Kier alpha value is -1.87. The zero-order chi connectivity index (χ0) is 18.0. The van der Waals surface area contributed by atoms with Crippen molar-refractivity contribution in [3.8, 4) is 0 Å². The van der Waals surface area contributed by atoms with Crippen molar-refractivity contribution in [2.24, 2.45) is 0 Å². The number of nitro groups is 1. The number of benzene rings is 2. The molecule has 0 saturated carbocycles. The zero-order valence-electron chi connectivity index (χ0n) is 12.4.